The summed E-state index contributed by atoms with van der Waals surface area (Å²) in [5.41, 5.74) is 4.10. The van der Waals surface area contributed by atoms with E-state index < -0.39 is 0 Å². The van der Waals surface area contributed by atoms with E-state index >= 15 is 0 Å². The Hall–Kier alpha value is -2.01. The zero-order valence-electron chi connectivity index (χ0n) is 14.5. The van der Waals surface area contributed by atoms with E-state index in [1.807, 2.05) is 37.3 Å². The van der Waals surface area contributed by atoms with Crippen molar-refractivity contribution in [1.29, 1.82) is 0 Å². The molecule has 0 bridgehead atoms. The molecular formula is C20H24BrN3O. The zero-order chi connectivity index (χ0) is 17.6. The van der Waals surface area contributed by atoms with Crippen LogP contribution in [0.1, 0.15) is 24.8 Å². The average molecular weight is 402 g/mol. The van der Waals surface area contributed by atoms with Gasteiger partial charge in [-0.25, -0.2) is 0 Å². The number of rotatable bonds is 5. The van der Waals surface area contributed by atoms with Crippen LogP contribution < -0.4 is 15.5 Å². The Balaban J connectivity index is 1.62. The van der Waals surface area contributed by atoms with Crippen molar-refractivity contribution in [3.8, 4) is 0 Å². The van der Waals surface area contributed by atoms with Gasteiger partial charge in [0, 0.05) is 23.2 Å². The highest BCUT2D eigenvalue weighted by Gasteiger charge is 2.14. The molecule has 1 amide bonds. The van der Waals surface area contributed by atoms with E-state index in [0.717, 1.165) is 34.5 Å². The second-order valence-corrected chi connectivity index (χ2v) is 7.34. The number of anilines is 3. The van der Waals surface area contributed by atoms with Gasteiger partial charge in [-0.05, 0) is 62.1 Å². The first-order valence-corrected chi connectivity index (χ1v) is 9.56. The molecule has 1 fully saturated rings. The smallest absolute Gasteiger partial charge is 0.243 e. The Morgan fingerprint density at radius 1 is 1.08 bits per heavy atom. The normalized spacial score (nSPS) is 14.2. The fourth-order valence-electron chi connectivity index (χ4n) is 3.17. The summed E-state index contributed by atoms with van der Waals surface area (Å²) in [5, 5.41) is 6.27. The van der Waals surface area contributed by atoms with E-state index in [1.54, 1.807) is 0 Å². The molecule has 2 aromatic carbocycles. The molecule has 0 aliphatic carbocycles. The minimum atomic E-state index is -0.0427. The second-order valence-electron chi connectivity index (χ2n) is 6.43. The molecule has 1 aliphatic heterocycles. The predicted octanol–water partition coefficient (Wildman–Crippen LogP) is 4.80. The molecule has 1 saturated heterocycles. The molecule has 0 atom stereocenters. The van der Waals surface area contributed by atoms with Crippen molar-refractivity contribution in [2.45, 2.75) is 26.2 Å². The lowest BCUT2D eigenvalue weighted by atomic mass is 10.1. The van der Waals surface area contributed by atoms with E-state index in [0.29, 0.717) is 0 Å². The van der Waals surface area contributed by atoms with Crippen LogP contribution in [0.25, 0.3) is 0 Å². The molecule has 0 unspecified atom stereocenters. The first kappa shape index (κ1) is 17.8. The van der Waals surface area contributed by atoms with Gasteiger partial charge in [-0.1, -0.05) is 28.1 Å². The largest absolute Gasteiger partial charge is 0.374 e. The molecule has 4 nitrogen and oxygen atoms in total. The van der Waals surface area contributed by atoms with Gasteiger partial charge in [0.15, 0.2) is 0 Å². The molecule has 0 saturated carbocycles. The molecular weight excluding hydrogens is 378 g/mol. The number of hydrogen-bond acceptors (Lipinski definition) is 3. The van der Waals surface area contributed by atoms with Crippen LogP contribution in [0.3, 0.4) is 0 Å². The highest BCUT2D eigenvalue weighted by atomic mass is 79.9. The van der Waals surface area contributed by atoms with Gasteiger partial charge in [-0.2, -0.15) is 0 Å². The number of para-hydroxylation sites is 2. The number of carbonyl (C=O) groups is 1. The van der Waals surface area contributed by atoms with Gasteiger partial charge in [0.25, 0.3) is 0 Å². The molecule has 2 N–H and O–H groups in total. The zero-order valence-corrected chi connectivity index (χ0v) is 16.1. The van der Waals surface area contributed by atoms with Crippen LogP contribution in [-0.4, -0.2) is 25.5 Å². The maximum absolute atomic E-state index is 12.3. The summed E-state index contributed by atoms with van der Waals surface area (Å²) in [6, 6.07) is 14.1. The third-order valence-electron chi connectivity index (χ3n) is 4.50. The molecule has 1 aliphatic rings. The second kappa shape index (κ2) is 8.39. The molecule has 0 spiro atoms. The fourth-order valence-corrected chi connectivity index (χ4v) is 3.65. The monoisotopic (exact) mass is 401 g/mol. The van der Waals surface area contributed by atoms with Crippen molar-refractivity contribution < 1.29 is 4.79 Å². The first-order chi connectivity index (χ1) is 12.1. The summed E-state index contributed by atoms with van der Waals surface area (Å²) < 4.78 is 1.01. The Morgan fingerprint density at radius 3 is 2.60 bits per heavy atom. The number of benzene rings is 2. The summed E-state index contributed by atoms with van der Waals surface area (Å²) in [5.74, 6) is -0.0427. The number of piperidine rings is 1. The molecule has 1 heterocycles. The number of halogens is 1. The van der Waals surface area contributed by atoms with Crippen molar-refractivity contribution in [1.82, 2.24) is 0 Å². The van der Waals surface area contributed by atoms with Gasteiger partial charge in [0.05, 0.1) is 17.9 Å². The summed E-state index contributed by atoms with van der Waals surface area (Å²) in [6.07, 6.45) is 3.77. The van der Waals surface area contributed by atoms with E-state index in [2.05, 4.69) is 43.6 Å². The van der Waals surface area contributed by atoms with Crippen LogP contribution in [0.5, 0.6) is 0 Å². The van der Waals surface area contributed by atoms with E-state index in [1.165, 1.54) is 24.9 Å². The lowest BCUT2D eigenvalue weighted by Gasteiger charge is -2.30. The number of nitrogens with one attached hydrogen (secondary N) is 2. The first-order valence-electron chi connectivity index (χ1n) is 8.77. The molecule has 2 aromatic rings. The fraction of sp³-hybridized carbons (Fsp3) is 0.350. The van der Waals surface area contributed by atoms with E-state index in [4.69, 9.17) is 0 Å². The van der Waals surface area contributed by atoms with E-state index in [-0.39, 0.29) is 12.5 Å². The van der Waals surface area contributed by atoms with Crippen LogP contribution in [-0.2, 0) is 4.79 Å². The van der Waals surface area contributed by atoms with Gasteiger partial charge < -0.3 is 15.5 Å². The van der Waals surface area contributed by atoms with Gasteiger partial charge in [-0.3, -0.25) is 4.79 Å². The van der Waals surface area contributed by atoms with Crippen LogP contribution in [0.2, 0.25) is 0 Å². The van der Waals surface area contributed by atoms with Gasteiger partial charge in [0.1, 0.15) is 0 Å². The Kier molecular flexibility index (Phi) is 5.97. The summed E-state index contributed by atoms with van der Waals surface area (Å²) in [4.78, 5) is 14.7. The maximum Gasteiger partial charge on any atom is 0.243 e. The number of hydrogen-bond donors (Lipinski definition) is 2. The molecule has 132 valence electrons. The van der Waals surface area contributed by atoms with Gasteiger partial charge in [-0.15, -0.1) is 0 Å². The van der Waals surface area contributed by atoms with Crippen molar-refractivity contribution in [2.75, 3.05) is 35.2 Å². The van der Waals surface area contributed by atoms with Gasteiger partial charge >= 0.3 is 0 Å². The minimum Gasteiger partial charge on any atom is -0.374 e. The molecule has 25 heavy (non-hydrogen) atoms. The summed E-state index contributed by atoms with van der Waals surface area (Å²) >= 11 is 3.44. The standard InChI is InChI=1S/C20H24BrN3O/c1-15-13-16(21)9-10-17(15)23-20(25)14-22-18-7-3-4-8-19(18)24-11-5-2-6-12-24/h3-4,7-10,13,22H,2,5-6,11-12,14H2,1H3,(H,23,25). The predicted molar refractivity (Wildman–Crippen MR) is 109 cm³/mol. The lowest BCUT2D eigenvalue weighted by molar-refractivity contribution is -0.114. The Labute approximate surface area is 157 Å². The van der Waals surface area contributed by atoms with Crippen LogP contribution >= 0.6 is 15.9 Å². The third-order valence-corrected chi connectivity index (χ3v) is 5.00. The van der Waals surface area contributed by atoms with Crippen molar-refractivity contribution >= 4 is 38.9 Å². The maximum atomic E-state index is 12.3. The summed E-state index contributed by atoms with van der Waals surface area (Å²) in [6.45, 7) is 4.41. The molecule has 5 heteroatoms. The molecule has 0 aromatic heterocycles. The lowest BCUT2D eigenvalue weighted by Crippen LogP contribution is -2.30. The van der Waals surface area contributed by atoms with Crippen LogP contribution in [0.15, 0.2) is 46.9 Å². The highest BCUT2D eigenvalue weighted by molar-refractivity contribution is 9.10. The van der Waals surface area contributed by atoms with Crippen LogP contribution in [0, 0.1) is 6.92 Å². The minimum absolute atomic E-state index is 0.0427. The number of carbonyl (C=O) groups excluding carboxylic acids is 1. The topological polar surface area (TPSA) is 44.4 Å². The quantitative estimate of drug-likeness (QED) is 0.755. The molecule has 0 radical (unpaired) electrons. The number of amides is 1. The average Bonchev–Trinajstić information content (AvgIpc) is 2.63. The third kappa shape index (κ3) is 4.75. The van der Waals surface area contributed by atoms with Crippen LogP contribution in [0.4, 0.5) is 17.1 Å². The van der Waals surface area contributed by atoms with Gasteiger partial charge in [0.2, 0.25) is 5.91 Å². The molecule has 3 rings (SSSR count). The Morgan fingerprint density at radius 2 is 1.84 bits per heavy atom. The summed E-state index contributed by atoms with van der Waals surface area (Å²) in [7, 11) is 0. The SMILES string of the molecule is Cc1cc(Br)ccc1NC(=O)CNc1ccccc1N1CCCCC1. The van der Waals surface area contributed by atoms with Crippen molar-refractivity contribution in [3.05, 3.63) is 52.5 Å². The van der Waals surface area contributed by atoms with Crippen molar-refractivity contribution in [3.63, 3.8) is 0 Å². The number of aryl methyl sites for hydroxylation is 1. The van der Waals surface area contributed by atoms with E-state index in [9.17, 15) is 4.79 Å². The van der Waals surface area contributed by atoms with Crippen molar-refractivity contribution in [2.24, 2.45) is 0 Å². The number of nitrogens with zero attached hydrogens (tertiary/aromatic N) is 1. The Bertz CT molecular complexity index is 741. The highest BCUT2D eigenvalue weighted by Crippen LogP contribution is 2.28.